The molecule has 1 atom stereocenters. The van der Waals surface area contributed by atoms with Crippen LogP contribution < -0.4 is 10.1 Å². The van der Waals surface area contributed by atoms with Crippen LogP contribution in [0.2, 0.25) is 0 Å². The summed E-state index contributed by atoms with van der Waals surface area (Å²) < 4.78 is 7.39. The monoisotopic (exact) mass is 435 g/mol. The number of benzene rings is 2. The van der Waals surface area contributed by atoms with E-state index in [0.717, 1.165) is 55.6 Å². The SMILES string of the molecule is Cc1nc2ccccc2c2c1c(C)nn2C(=O)N[C@@H]1COc2cc(-c3ccncc3)ccc21. The van der Waals surface area contributed by atoms with Crippen LogP contribution in [0.15, 0.2) is 67.0 Å². The number of carbonyl (C=O) groups excluding carboxylic acids is 1. The third-order valence-electron chi connectivity index (χ3n) is 6.17. The van der Waals surface area contributed by atoms with Crippen molar-refractivity contribution < 1.29 is 9.53 Å². The van der Waals surface area contributed by atoms with E-state index in [1.807, 2.05) is 68.4 Å². The number of ether oxygens (including phenoxy) is 1. The van der Waals surface area contributed by atoms with E-state index in [1.165, 1.54) is 4.68 Å². The highest BCUT2D eigenvalue weighted by Gasteiger charge is 2.28. The zero-order valence-corrected chi connectivity index (χ0v) is 18.2. The standard InChI is InChI=1S/C26H21N5O2/c1-15-24-16(2)30-31(25(24)20-5-3-4-6-21(20)28-15)26(32)29-22-14-33-23-13-18(7-8-19(22)23)17-9-11-27-12-10-17/h3-13,22H,14H2,1-2H3,(H,29,32)/t22-/m1/s1. The van der Waals surface area contributed by atoms with Crippen molar-refractivity contribution in [3.05, 3.63) is 83.9 Å². The average molecular weight is 435 g/mol. The van der Waals surface area contributed by atoms with Gasteiger partial charge in [-0.15, -0.1) is 0 Å². The van der Waals surface area contributed by atoms with Crippen LogP contribution in [0, 0.1) is 13.8 Å². The molecule has 0 bridgehead atoms. The topological polar surface area (TPSA) is 81.9 Å². The summed E-state index contributed by atoms with van der Waals surface area (Å²) in [5, 5.41) is 9.49. The van der Waals surface area contributed by atoms with E-state index in [9.17, 15) is 4.79 Å². The Bertz CT molecular complexity index is 1540. The van der Waals surface area contributed by atoms with Crippen molar-refractivity contribution in [2.45, 2.75) is 19.9 Å². The number of aromatic nitrogens is 4. The lowest BCUT2D eigenvalue weighted by Gasteiger charge is -2.13. The highest BCUT2D eigenvalue weighted by atomic mass is 16.5. The fourth-order valence-electron chi connectivity index (χ4n) is 4.63. The van der Waals surface area contributed by atoms with E-state index in [4.69, 9.17) is 9.72 Å². The molecule has 162 valence electrons. The minimum absolute atomic E-state index is 0.257. The molecule has 33 heavy (non-hydrogen) atoms. The number of fused-ring (bicyclic) bond motifs is 4. The summed E-state index contributed by atoms with van der Waals surface area (Å²) in [6, 6.07) is 17.3. The summed E-state index contributed by atoms with van der Waals surface area (Å²) in [5.41, 5.74) is 6.33. The molecule has 3 aromatic heterocycles. The number of rotatable bonds is 2. The van der Waals surface area contributed by atoms with Crippen LogP contribution >= 0.6 is 0 Å². The molecule has 6 rings (SSSR count). The molecule has 2 aromatic carbocycles. The molecular weight excluding hydrogens is 414 g/mol. The quantitative estimate of drug-likeness (QED) is 0.424. The van der Waals surface area contributed by atoms with Crippen LogP contribution in [-0.4, -0.2) is 32.4 Å². The lowest BCUT2D eigenvalue weighted by Crippen LogP contribution is -2.33. The maximum absolute atomic E-state index is 13.4. The van der Waals surface area contributed by atoms with Crippen molar-refractivity contribution in [1.29, 1.82) is 0 Å². The van der Waals surface area contributed by atoms with Gasteiger partial charge in [0.2, 0.25) is 0 Å². The third-order valence-corrected chi connectivity index (χ3v) is 6.17. The van der Waals surface area contributed by atoms with Gasteiger partial charge >= 0.3 is 6.03 Å². The van der Waals surface area contributed by atoms with E-state index in [1.54, 1.807) is 12.4 Å². The molecule has 1 aliphatic rings. The number of pyridine rings is 2. The maximum Gasteiger partial charge on any atom is 0.343 e. The van der Waals surface area contributed by atoms with Crippen LogP contribution in [0.1, 0.15) is 23.0 Å². The first-order valence-corrected chi connectivity index (χ1v) is 10.8. The molecule has 5 aromatic rings. The number of aryl methyl sites for hydroxylation is 2. The van der Waals surface area contributed by atoms with Crippen LogP contribution in [0.25, 0.3) is 32.9 Å². The predicted octanol–water partition coefficient (Wildman–Crippen LogP) is 4.95. The smallest absolute Gasteiger partial charge is 0.343 e. The Morgan fingerprint density at radius 1 is 1.03 bits per heavy atom. The molecule has 0 radical (unpaired) electrons. The van der Waals surface area contributed by atoms with Gasteiger partial charge in [0.1, 0.15) is 12.4 Å². The lowest BCUT2D eigenvalue weighted by atomic mass is 10.0. The summed E-state index contributed by atoms with van der Waals surface area (Å²) in [6.07, 6.45) is 3.54. The first-order valence-electron chi connectivity index (χ1n) is 10.8. The van der Waals surface area contributed by atoms with E-state index >= 15 is 0 Å². The second kappa shape index (κ2) is 7.41. The summed E-state index contributed by atoms with van der Waals surface area (Å²) in [7, 11) is 0. The second-order valence-corrected chi connectivity index (χ2v) is 8.24. The number of carbonyl (C=O) groups is 1. The van der Waals surface area contributed by atoms with Crippen LogP contribution in [-0.2, 0) is 0 Å². The van der Waals surface area contributed by atoms with Crippen molar-refractivity contribution >= 4 is 27.8 Å². The molecule has 0 saturated carbocycles. The van der Waals surface area contributed by atoms with Crippen molar-refractivity contribution in [3.63, 3.8) is 0 Å². The van der Waals surface area contributed by atoms with E-state index in [2.05, 4.69) is 15.4 Å². The number of hydrogen-bond donors (Lipinski definition) is 1. The third kappa shape index (κ3) is 3.12. The van der Waals surface area contributed by atoms with E-state index in [-0.39, 0.29) is 12.1 Å². The van der Waals surface area contributed by atoms with Crippen LogP contribution in [0.4, 0.5) is 4.79 Å². The second-order valence-electron chi connectivity index (χ2n) is 8.24. The highest BCUT2D eigenvalue weighted by Crippen LogP contribution is 2.36. The predicted molar refractivity (Wildman–Crippen MR) is 126 cm³/mol. The molecule has 7 heteroatoms. The summed E-state index contributed by atoms with van der Waals surface area (Å²) in [4.78, 5) is 22.2. The fourth-order valence-corrected chi connectivity index (χ4v) is 4.63. The van der Waals surface area contributed by atoms with Gasteiger partial charge in [-0.25, -0.2) is 4.79 Å². The lowest BCUT2D eigenvalue weighted by molar-refractivity contribution is 0.231. The molecular formula is C26H21N5O2. The molecule has 0 fully saturated rings. The van der Waals surface area contributed by atoms with Gasteiger partial charge in [0.15, 0.2) is 0 Å². The molecule has 0 saturated heterocycles. The zero-order chi connectivity index (χ0) is 22.5. The van der Waals surface area contributed by atoms with Gasteiger partial charge in [-0.2, -0.15) is 9.78 Å². The van der Waals surface area contributed by atoms with Crippen LogP contribution in [0.3, 0.4) is 0 Å². The Labute approximate surface area is 190 Å². The van der Waals surface area contributed by atoms with Gasteiger partial charge in [-0.1, -0.05) is 30.3 Å². The molecule has 7 nitrogen and oxygen atoms in total. The Kier molecular flexibility index (Phi) is 4.36. The van der Waals surface area contributed by atoms with Gasteiger partial charge in [0, 0.05) is 34.4 Å². The van der Waals surface area contributed by atoms with Crippen molar-refractivity contribution in [1.82, 2.24) is 25.1 Å². The zero-order valence-electron chi connectivity index (χ0n) is 18.2. The highest BCUT2D eigenvalue weighted by molar-refractivity contribution is 6.08. The summed E-state index contributed by atoms with van der Waals surface area (Å²) in [6.45, 7) is 4.23. The van der Waals surface area contributed by atoms with Gasteiger partial charge in [-0.3, -0.25) is 9.97 Å². The summed E-state index contributed by atoms with van der Waals surface area (Å²) >= 11 is 0. The Hall–Kier alpha value is -4.26. The van der Waals surface area contributed by atoms with Crippen molar-refractivity contribution in [2.75, 3.05) is 6.61 Å². The van der Waals surface area contributed by atoms with Crippen molar-refractivity contribution in [3.8, 4) is 16.9 Å². The first-order chi connectivity index (χ1) is 16.1. The Morgan fingerprint density at radius 3 is 2.70 bits per heavy atom. The molecule has 0 spiro atoms. The minimum atomic E-state index is -0.288. The van der Waals surface area contributed by atoms with Gasteiger partial charge in [0.25, 0.3) is 0 Å². The molecule has 4 heterocycles. The largest absolute Gasteiger partial charge is 0.491 e. The van der Waals surface area contributed by atoms with Crippen molar-refractivity contribution in [2.24, 2.45) is 0 Å². The first kappa shape index (κ1) is 19.4. The van der Waals surface area contributed by atoms with Crippen LogP contribution in [0.5, 0.6) is 5.75 Å². The number of para-hydroxylation sites is 1. The Morgan fingerprint density at radius 2 is 1.85 bits per heavy atom. The molecule has 1 aliphatic heterocycles. The number of nitrogens with zero attached hydrogens (tertiary/aromatic N) is 4. The minimum Gasteiger partial charge on any atom is -0.491 e. The summed E-state index contributed by atoms with van der Waals surface area (Å²) in [5.74, 6) is 0.779. The number of amides is 1. The normalized spacial score (nSPS) is 14.9. The van der Waals surface area contributed by atoms with Gasteiger partial charge in [0.05, 0.1) is 22.8 Å². The Balaban J connectivity index is 1.36. The molecule has 1 N–H and O–H groups in total. The van der Waals surface area contributed by atoms with Gasteiger partial charge < -0.3 is 10.1 Å². The van der Waals surface area contributed by atoms with E-state index < -0.39 is 0 Å². The molecule has 0 aliphatic carbocycles. The average Bonchev–Trinajstić information content (AvgIpc) is 3.41. The number of hydrogen-bond acceptors (Lipinski definition) is 5. The van der Waals surface area contributed by atoms with E-state index in [0.29, 0.717) is 6.61 Å². The van der Waals surface area contributed by atoms with Gasteiger partial charge in [-0.05, 0) is 49.2 Å². The fraction of sp³-hybridized carbons (Fsp3) is 0.154. The molecule has 1 amide bonds. The maximum atomic E-state index is 13.4. The number of nitrogens with one attached hydrogen (secondary N) is 1. The molecule has 0 unspecified atom stereocenters.